The van der Waals surface area contributed by atoms with Crippen molar-refractivity contribution >= 4 is 10.0 Å². The Morgan fingerprint density at radius 2 is 2.10 bits per heavy atom. The van der Waals surface area contributed by atoms with Crippen LogP contribution in [-0.2, 0) is 16.6 Å². The Kier molecular flexibility index (Phi) is 4.04. The van der Waals surface area contributed by atoms with Gasteiger partial charge in [0.05, 0.1) is 12.8 Å². The summed E-state index contributed by atoms with van der Waals surface area (Å²) >= 11 is 0. The van der Waals surface area contributed by atoms with E-state index in [-0.39, 0.29) is 17.7 Å². The molecule has 2 aliphatic rings. The molecule has 118 valence electrons. The van der Waals surface area contributed by atoms with Gasteiger partial charge in [-0.05, 0) is 32.7 Å². The van der Waals surface area contributed by atoms with E-state index in [9.17, 15) is 13.5 Å². The highest BCUT2D eigenvalue weighted by atomic mass is 32.2. The Balaban J connectivity index is 1.74. The number of sulfonamides is 1. The zero-order valence-electron chi connectivity index (χ0n) is 12.1. The third kappa shape index (κ3) is 2.85. The molecule has 0 spiro atoms. The van der Waals surface area contributed by atoms with E-state index in [2.05, 4.69) is 26.9 Å². The molecule has 8 heteroatoms. The Hall–Kier alpha value is -0.960. The molecule has 2 atom stereocenters. The smallest absolute Gasteiger partial charge is 0.258 e. The molecule has 3 heterocycles. The first-order valence-electron chi connectivity index (χ1n) is 7.38. The summed E-state index contributed by atoms with van der Waals surface area (Å²) in [7, 11) is -1.52. The summed E-state index contributed by atoms with van der Waals surface area (Å²) in [6.45, 7) is -0.342. The van der Waals surface area contributed by atoms with Crippen molar-refractivity contribution in [3.05, 3.63) is 11.8 Å². The second kappa shape index (κ2) is 5.68. The normalized spacial score (nSPS) is 30.5. The largest absolute Gasteiger partial charge is 0.392 e. The van der Waals surface area contributed by atoms with Crippen LogP contribution in [0.5, 0.6) is 0 Å². The molecule has 7 nitrogen and oxygen atoms in total. The van der Waals surface area contributed by atoms with Crippen molar-refractivity contribution in [2.75, 3.05) is 7.05 Å². The van der Waals surface area contributed by atoms with Gasteiger partial charge in [0.2, 0.25) is 0 Å². The van der Waals surface area contributed by atoms with Gasteiger partial charge in [-0.25, -0.2) is 13.1 Å². The maximum absolute atomic E-state index is 12.4. The lowest BCUT2D eigenvalue weighted by Gasteiger charge is -2.47. The molecule has 2 unspecified atom stereocenters. The molecule has 2 saturated heterocycles. The van der Waals surface area contributed by atoms with E-state index in [1.54, 1.807) is 0 Å². The lowest BCUT2D eigenvalue weighted by molar-refractivity contribution is 0.0536. The van der Waals surface area contributed by atoms with Crippen LogP contribution < -0.4 is 4.72 Å². The van der Waals surface area contributed by atoms with Crippen molar-refractivity contribution < 1.29 is 13.5 Å². The number of hydrogen-bond acceptors (Lipinski definition) is 5. The van der Waals surface area contributed by atoms with Crippen molar-refractivity contribution in [2.24, 2.45) is 0 Å². The lowest BCUT2D eigenvalue weighted by atomic mass is 9.83. The molecule has 1 aromatic heterocycles. The number of hydrogen-bond donors (Lipinski definition) is 3. The average Bonchev–Trinajstić information content (AvgIpc) is 2.89. The number of aliphatic hydroxyl groups excluding tert-OH is 1. The molecule has 2 bridgehead atoms. The summed E-state index contributed by atoms with van der Waals surface area (Å²) in [6.07, 6.45) is 6.53. The molecule has 3 N–H and O–H groups in total. The minimum absolute atomic E-state index is 0.0194. The Morgan fingerprint density at radius 1 is 1.43 bits per heavy atom. The average molecular weight is 314 g/mol. The quantitative estimate of drug-likeness (QED) is 0.737. The van der Waals surface area contributed by atoms with Gasteiger partial charge in [0.25, 0.3) is 10.0 Å². The van der Waals surface area contributed by atoms with E-state index < -0.39 is 10.0 Å². The number of aromatic nitrogens is 2. The first-order chi connectivity index (χ1) is 10.0. The third-order valence-corrected chi connectivity index (χ3v) is 6.31. The molecule has 3 rings (SSSR count). The SMILES string of the molecule is CN1C2CCCC1CC(NS(=O)(=O)c1[nH]ncc1CO)C2. The van der Waals surface area contributed by atoms with Crippen LogP contribution in [-0.4, -0.2) is 53.8 Å². The van der Waals surface area contributed by atoms with Gasteiger partial charge in [0, 0.05) is 23.7 Å². The van der Waals surface area contributed by atoms with Crippen molar-refractivity contribution in [3.63, 3.8) is 0 Å². The van der Waals surface area contributed by atoms with Gasteiger partial charge < -0.3 is 10.0 Å². The summed E-state index contributed by atoms with van der Waals surface area (Å²) in [5.74, 6) is 0. The molecule has 21 heavy (non-hydrogen) atoms. The number of nitrogens with one attached hydrogen (secondary N) is 2. The fourth-order valence-corrected chi connectivity index (χ4v) is 5.02. The summed E-state index contributed by atoms with van der Waals surface area (Å²) < 4.78 is 27.7. The highest BCUT2D eigenvalue weighted by Gasteiger charge is 2.38. The number of aromatic amines is 1. The van der Waals surface area contributed by atoms with Crippen LogP contribution in [0.15, 0.2) is 11.2 Å². The van der Waals surface area contributed by atoms with Gasteiger partial charge in [-0.3, -0.25) is 5.10 Å². The minimum Gasteiger partial charge on any atom is -0.392 e. The maximum Gasteiger partial charge on any atom is 0.258 e. The molecule has 1 aromatic rings. The van der Waals surface area contributed by atoms with Crippen LogP contribution in [0.4, 0.5) is 0 Å². The van der Waals surface area contributed by atoms with Gasteiger partial charge in [0.15, 0.2) is 5.03 Å². The van der Waals surface area contributed by atoms with Crippen molar-refractivity contribution in [3.8, 4) is 0 Å². The van der Waals surface area contributed by atoms with E-state index >= 15 is 0 Å². The second-order valence-electron chi connectivity index (χ2n) is 6.08. The van der Waals surface area contributed by atoms with Crippen LogP contribution in [0.25, 0.3) is 0 Å². The lowest BCUT2D eigenvalue weighted by Crippen LogP contribution is -2.55. The van der Waals surface area contributed by atoms with Crippen molar-refractivity contribution in [2.45, 2.75) is 61.9 Å². The fraction of sp³-hybridized carbons (Fsp3) is 0.769. The van der Waals surface area contributed by atoms with E-state index in [0.29, 0.717) is 17.6 Å². The Labute approximate surface area is 124 Å². The maximum atomic E-state index is 12.4. The number of nitrogens with zero attached hydrogens (tertiary/aromatic N) is 2. The van der Waals surface area contributed by atoms with Gasteiger partial charge in [-0.1, -0.05) is 6.42 Å². The second-order valence-corrected chi connectivity index (χ2v) is 7.73. The summed E-state index contributed by atoms with van der Waals surface area (Å²) in [5.41, 5.74) is 0.302. The number of piperidine rings is 2. The molecule has 0 aromatic carbocycles. The van der Waals surface area contributed by atoms with Crippen LogP contribution >= 0.6 is 0 Å². The third-order valence-electron chi connectivity index (χ3n) is 4.78. The van der Waals surface area contributed by atoms with Crippen molar-refractivity contribution in [1.82, 2.24) is 19.8 Å². The van der Waals surface area contributed by atoms with E-state index in [1.165, 1.54) is 12.6 Å². The van der Waals surface area contributed by atoms with E-state index in [1.807, 2.05) is 0 Å². The molecular weight excluding hydrogens is 292 g/mol. The minimum atomic E-state index is -3.65. The van der Waals surface area contributed by atoms with Crippen LogP contribution in [0, 0.1) is 0 Å². The summed E-state index contributed by atoms with van der Waals surface area (Å²) in [5, 5.41) is 15.3. The van der Waals surface area contributed by atoms with Crippen molar-refractivity contribution in [1.29, 1.82) is 0 Å². The van der Waals surface area contributed by atoms with Crippen LogP contribution in [0.1, 0.15) is 37.7 Å². The van der Waals surface area contributed by atoms with Gasteiger partial charge in [-0.2, -0.15) is 5.10 Å². The fourth-order valence-electron chi connectivity index (χ4n) is 3.63. The number of aliphatic hydroxyl groups is 1. The first-order valence-corrected chi connectivity index (χ1v) is 8.87. The summed E-state index contributed by atoms with van der Waals surface area (Å²) in [4.78, 5) is 2.39. The summed E-state index contributed by atoms with van der Waals surface area (Å²) in [6, 6.07) is 0.880. The van der Waals surface area contributed by atoms with Gasteiger partial charge in [-0.15, -0.1) is 0 Å². The van der Waals surface area contributed by atoms with Crippen LogP contribution in [0.3, 0.4) is 0 Å². The predicted molar refractivity (Wildman–Crippen MR) is 77.0 cm³/mol. The zero-order valence-corrected chi connectivity index (χ0v) is 12.9. The molecule has 0 saturated carbocycles. The molecule has 0 aliphatic carbocycles. The standard InChI is InChI=1S/C13H22N4O3S/c1-17-11-3-2-4-12(17)6-10(5-11)16-21(19,20)13-9(8-18)7-14-15-13/h7,10-12,16,18H,2-6,8H2,1H3,(H,14,15). The highest BCUT2D eigenvalue weighted by molar-refractivity contribution is 7.89. The zero-order chi connectivity index (χ0) is 15.0. The Bertz CT molecular complexity index is 586. The number of fused-ring (bicyclic) bond motifs is 2. The monoisotopic (exact) mass is 314 g/mol. The molecule has 2 fully saturated rings. The van der Waals surface area contributed by atoms with E-state index in [0.717, 1.165) is 25.7 Å². The number of H-pyrrole nitrogens is 1. The molecule has 0 amide bonds. The molecular formula is C13H22N4O3S. The van der Waals surface area contributed by atoms with Crippen LogP contribution in [0.2, 0.25) is 0 Å². The molecule has 2 aliphatic heterocycles. The molecule has 0 radical (unpaired) electrons. The number of rotatable bonds is 4. The highest BCUT2D eigenvalue weighted by Crippen LogP contribution is 2.33. The first kappa shape index (κ1) is 15.0. The predicted octanol–water partition coefficient (Wildman–Crippen LogP) is 0.196. The van der Waals surface area contributed by atoms with E-state index in [4.69, 9.17) is 0 Å². The topological polar surface area (TPSA) is 98.3 Å². The van der Waals surface area contributed by atoms with Gasteiger partial charge >= 0.3 is 0 Å². The Morgan fingerprint density at radius 3 is 2.71 bits per heavy atom. The van der Waals surface area contributed by atoms with Gasteiger partial charge in [0.1, 0.15) is 0 Å².